The molecule has 240 valence electrons. The Bertz CT molecular complexity index is 1500. The van der Waals surface area contributed by atoms with Gasteiger partial charge in [-0.15, -0.1) is 0 Å². The van der Waals surface area contributed by atoms with E-state index in [9.17, 15) is 22.8 Å². The van der Waals surface area contributed by atoms with Gasteiger partial charge in [0.15, 0.2) is 0 Å². The van der Waals surface area contributed by atoms with Crippen molar-refractivity contribution in [2.45, 2.75) is 44.2 Å². The highest BCUT2D eigenvalue weighted by molar-refractivity contribution is 7.89. The van der Waals surface area contributed by atoms with E-state index in [0.29, 0.717) is 42.3 Å². The number of amides is 3. The number of nitrogens with one attached hydrogen (secondary N) is 2. The lowest BCUT2D eigenvalue weighted by atomic mass is 10.1. The van der Waals surface area contributed by atoms with Crippen molar-refractivity contribution in [2.75, 3.05) is 30.8 Å². The summed E-state index contributed by atoms with van der Waals surface area (Å²) in [7, 11) is -3.78. The number of hydrogen-bond acceptors (Lipinski definition) is 11. The first kappa shape index (κ1) is 33.6. The normalized spacial score (nSPS) is 15.3. The number of imide groups is 1. The molecular weight excluding hydrogens is 626 g/mol. The number of rotatable bonds is 17. The second-order valence-electron chi connectivity index (χ2n) is 10.1. The standard InChI is InChI=1S/C29H34ClN7O7S/c30-23-10-11-27(34-19-23)33-15-16-35-45(41,42)17-12-24(8-4-9-26-31-13-5-14-32-26)36(21-38)44-29(40)37-25(20-43-28(37)39)18-22-6-2-1-3-7-22/h1-3,5-7,10-11,13-14,19,21,24-25,35H,4,8-9,12,15-18,20H2,(H,33,34)/t24-,25-/m0/s1. The van der Waals surface area contributed by atoms with Crippen LogP contribution in [-0.2, 0) is 37.2 Å². The number of carbonyl (C=O) groups is 3. The van der Waals surface area contributed by atoms with E-state index < -0.39 is 34.3 Å². The van der Waals surface area contributed by atoms with E-state index in [0.717, 1.165) is 15.5 Å². The van der Waals surface area contributed by atoms with Gasteiger partial charge in [0, 0.05) is 38.1 Å². The topological polar surface area (TPSA) is 173 Å². The Labute approximate surface area is 266 Å². The summed E-state index contributed by atoms with van der Waals surface area (Å²) in [6, 6.07) is 12.8. The number of nitrogens with zero attached hydrogens (tertiary/aromatic N) is 5. The second kappa shape index (κ2) is 16.7. The molecule has 2 atom stereocenters. The number of aryl methyl sites for hydroxylation is 1. The van der Waals surface area contributed by atoms with Gasteiger partial charge < -0.3 is 14.9 Å². The molecule has 1 aliphatic heterocycles. The van der Waals surface area contributed by atoms with Gasteiger partial charge in [-0.05, 0) is 49.4 Å². The van der Waals surface area contributed by atoms with Gasteiger partial charge in [-0.25, -0.2) is 42.6 Å². The van der Waals surface area contributed by atoms with Gasteiger partial charge in [-0.1, -0.05) is 41.9 Å². The van der Waals surface area contributed by atoms with E-state index >= 15 is 0 Å². The summed E-state index contributed by atoms with van der Waals surface area (Å²) in [5, 5.41) is 4.24. The number of carbonyl (C=O) groups excluding carboxylic acids is 3. The van der Waals surface area contributed by atoms with Crippen molar-refractivity contribution in [3.8, 4) is 0 Å². The van der Waals surface area contributed by atoms with Crippen molar-refractivity contribution in [3.63, 3.8) is 0 Å². The molecule has 0 unspecified atom stereocenters. The highest BCUT2D eigenvalue weighted by atomic mass is 35.5. The van der Waals surface area contributed by atoms with Crippen LogP contribution in [0, 0.1) is 0 Å². The molecule has 1 aromatic carbocycles. The molecule has 3 heterocycles. The Kier molecular flexibility index (Phi) is 12.4. The minimum absolute atomic E-state index is 0.0305. The van der Waals surface area contributed by atoms with E-state index in [2.05, 4.69) is 25.0 Å². The maximum absolute atomic E-state index is 13.2. The number of benzene rings is 1. The zero-order valence-corrected chi connectivity index (χ0v) is 25.9. The van der Waals surface area contributed by atoms with Gasteiger partial charge >= 0.3 is 12.2 Å². The van der Waals surface area contributed by atoms with Crippen LogP contribution in [-0.4, -0.2) is 89.5 Å². The van der Waals surface area contributed by atoms with Crippen LogP contribution in [0.25, 0.3) is 0 Å². The quantitative estimate of drug-likeness (QED) is 0.124. The highest BCUT2D eigenvalue weighted by Crippen LogP contribution is 2.21. The molecule has 4 rings (SSSR count). The molecule has 2 aromatic heterocycles. The van der Waals surface area contributed by atoms with Gasteiger partial charge in [0.2, 0.25) is 16.4 Å². The molecule has 1 aliphatic rings. The van der Waals surface area contributed by atoms with E-state index in [1.807, 2.05) is 30.3 Å². The van der Waals surface area contributed by atoms with Crippen LogP contribution >= 0.6 is 11.6 Å². The molecule has 45 heavy (non-hydrogen) atoms. The number of pyridine rings is 1. The van der Waals surface area contributed by atoms with E-state index in [4.69, 9.17) is 21.2 Å². The number of hydrogen-bond donors (Lipinski definition) is 2. The Morgan fingerprint density at radius 1 is 1.11 bits per heavy atom. The lowest BCUT2D eigenvalue weighted by molar-refractivity contribution is -0.164. The van der Waals surface area contributed by atoms with Crippen LogP contribution in [0.3, 0.4) is 0 Å². The van der Waals surface area contributed by atoms with Crippen molar-refractivity contribution >= 4 is 46.0 Å². The van der Waals surface area contributed by atoms with Gasteiger partial charge in [-0.2, -0.15) is 5.06 Å². The summed E-state index contributed by atoms with van der Waals surface area (Å²) in [5.41, 5.74) is 0.879. The summed E-state index contributed by atoms with van der Waals surface area (Å²) in [5.74, 6) is 0.756. The first-order valence-corrected chi connectivity index (χ1v) is 16.3. The third-order valence-electron chi connectivity index (χ3n) is 6.88. The first-order chi connectivity index (χ1) is 21.7. The fourth-order valence-electron chi connectivity index (χ4n) is 4.63. The van der Waals surface area contributed by atoms with Crippen LogP contribution in [0.15, 0.2) is 67.1 Å². The van der Waals surface area contributed by atoms with E-state index in [1.165, 1.54) is 6.20 Å². The first-order valence-electron chi connectivity index (χ1n) is 14.3. The summed E-state index contributed by atoms with van der Waals surface area (Å²) < 4.78 is 33.2. The minimum Gasteiger partial charge on any atom is -0.447 e. The Morgan fingerprint density at radius 2 is 1.89 bits per heavy atom. The maximum atomic E-state index is 13.2. The van der Waals surface area contributed by atoms with Gasteiger partial charge in [0.1, 0.15) is 18.2 Å². The largest absolute Gasteiger partial charge is 0.447 e. The fourth-order valence-corrected chi connectivity index (χ4v) is 5.88. The van der Waals surface area contributed by atoms with Gasteiger partial charge in [0.05, 0.1) is 22.9 Å². The monoisotopic (exact) mass is 659 g/mol. The van der Waals surface area contributed by atoms with Crippen molar-refractivity contribution in [3.05, 3.63) is 83.5 Å². The molecule has 14 nitrogen and oxygen atoms in total. The van der Waals surface area contributed by atoms with Gasteiger partial charge in [-0.3, -0.25) is 4.79 Å². The summed E-state index contributed by atoms with van der Waals surface area (Å²) in [6.45, 7) is 0.314. The number of halogens is 1. The summed E-state index contributed by atoms with van der Waals surface area (Å²) >= 11 is 5.83. The van der Waals surface area contributed by atoms with E-state index in [-0.39, 0.29) is 38.3 Å². The van der Waals surface area contributed by atoms with Crippen LogP contribution in [0.4, 0.5) is 15.4 Å². The van der Waals surface area contributed by atoms with E-state index in [1.54, 1.807) is 30.6 Å². The number of cyclic esters (lactones) is 1. The smallest absolute Gasteiger partial charge is 0.444 e. The molecule has 0 saturated carbocycles. The number of ether oxygens (including phenoxy) is 1. The maximum Gasteiger partial charge on any atom is 0.444 e. The lowest BCUT2D eigenvalue weighted by Gasteiger charge is -2.28. The SMILES string of the molecule is O=CN(OC(=O)N1C(=O)OC[C@@H]1Cc1ccccc1)[C@@H](CCCc1ncccn1)CCS(=O)(=O)NCCNc1ccc(Cl)cn1. The van der Waals surface area contributed by atoms with Gasteiger partial charge in [0.25, 0.3) is 0 Å². The molecule has 0 bridgehead atoms. The average Bonchev–Trinajstić information content (AvgIpc) is 3.41. The van der Waals surface area contributed by atoms with Crippen molar-refractivity contribution in [1.29, 1.82) is 0 Å². The predicted molar refractivity (Wildman–Crippen MR) is 164 cm³/mol. The number of hydroxylamine groups is 2. The zero-order valence-electron chi connectivity index (χ0n) is 24.3. The van der Waals surface area contributed by atoms with Crippen LogP contribution in [0.1, 0.15) is 30.7 Å². The number of anilines is 1. The number of sulfonamides is 1. The summed E-state index contributed by atoms with van der Waals surface area (Å²) in [6.07, 6.45) is 4.46. The fraction of sp³-hybridized carbons (Fsp3) is 0.379. The average molecular weight is 660 g/mol. The third kappa shape index (κ3) is 10.7. The molecule has 3 aromatic rings. The van der Waals surface area contributed by atoms with Crippen molar-refractivity contribution in [1.82, 2.24) is 29.6 Å². The Hall–Kier alpha value is -4.34. The summed E-state index contributed by atoms with van der Waals surface area (Å²) in [4.78, 5) is 56.5. The van der Waals surface area contributed by atoms with Crippen molar-refractivity contribution in [2.24, 2.45) is 0 Å². The van der Waals surface area contributed by atoms with Crippen LogP contribution in [0.5, 0.6) is 0 Å². The molecule has 1 fully saturated rings. The van der Waals surface area contributed by atoms with Crippen LogP contribution in [0.2, 0.25) is 5.02 Å². The molecule has 16 heteroatoms. The molecule has 3 amide bonds. The van der Waals surface area contributed by atoms with Crippen molar-refractivity contribution < 1.29 is 32.4 Å². The molecule has 0 radical (unpaired) electrons. The molecule has 1 saturated heterocycles. The number of aromatic nitrogens is 3. The molecule has 0 aliphatic carbocycles. The molecule has 2 N–H and O–H groups in total. The Balaban J connectivity index is 1.37. The minimum atomic E-state index is -3.78. The predicted octanol–water partition coefficient (Wildman–Crippen LogP) is 3.21. The third-order valence-corrected chi connectivity index (χ3v) is 8.52. The van der Waals surface area contributed by atoms with Crippen LogP contribution < -0.4 is 10.0 Å². The second-order valence-corrected chi connectivity index (χ2v) is 12.5. The lowest BCUT2D eigenvalue weighted by Crippen LogP contribution is -2.46. The molecular formula is C29H34ClN7O7S. The Morgan fingerprint density at radius 3 is 2.60 bits per heavy atom. The highest BCUT2D eigenvalue weighted by Gasteiger charge is 2.40. The molecule has 0 spiro atoms. The zero-order chi connectivity index (χ0) is 32.1.